The van der Waals surface area contributed by atoms with Crippen LogP contribution in [0.4, 0.5) is 22.7 Å². The van der Waals surface area contributed by atoms with Crippen LogP contribution in [0.15, 0.2) is 230 Å². The lowest BCUT2D eigenvalue weighted by atomic mass is 9.97. The zero-order valence-corrected chi connectivity index (χ0v) is 31.9. The van der Waals surface area contributed by atoms with Gasteiger partial charge < -0.3 is 20.5 Å². The highest BCUT2D eigenvalue weighted by Gasteiger charge is 2.31. The summed E-state index contributed by atoms with van der Waals surface area (Å²) in [4.78, 5) is 4.57. The first-order valence-electron chi connectivity index (χ1n) is 18.7. The molecule has 1 heterocycles. The van der Waals surface area contributed by atoms with E-state index in [-0.39, 0.29) is 0 Å². The molecule has 4 heteroatoms. The first-order valence-corrected chi connectivity index (χ1v) is 18.7. The molecule has 3 aliphatic rings. The van der Waals surface area contributed by atoms with Gasteiger partial charge in [-0.1, -0.05) is 136 Å². The smallest absolute Gasteiger partial charge is 0.0647 e. The minimum Gasteiger partial charge on any atom is -0.364 e. The molecule has 2 aliphatic carbocycles. The van der Waals surface area contributed by atoms with Gasteiger partial charge in [0.1, 0.15) is 0 Å². The number of anilines is 4. The number of hydrogen-bond donors (Lipinski definition) is 2. The summed E-state index contributed by atoms with van der Waals surface area (Å²) >= 11 is 0. The topological polar surface area (TPSA) is 42.4 Å². The molecule has 4 nitrogen and oxygen atoms in total. The zero-order chi connectivity index (χ0) is 38.4. The predicted octanol–water partition coefficient (Wildman–Crippen LogP) is 13.8. The molecule has 0 unspecified atom stereocenters. The van der Waals surface area contributed by atoms with Crippen LogP contribution in [-0.2, 0) is 0 Å². The molecular formula is C50H54N4. The van der Waals surface area contributed by atoms with Gasteiger partial charge in [0.2, 0.25) is 0 Å². The molecule has 0 spiro atoms. The monoisotopic (exact) mass is 710 g/mol. The van der Waals surface area contributed by atoms with Crippen molar-refractivity contribution in [1.29, 1.82) is 5.41 Å². The molecule has 0 amide bonds. The Bertz CT molecular complexity index is 1940. The Morgan fingerprint density at radius 1 is 0.815 bits per heavy atom. The Labute approximate surface area is 324 Å². The number of benzene rings is 3. The van der Waals surface area contributed by atoms with Crippen LogP contribution in [-0.4, -0.2) is 5.71 Å². The number of para-hydroxylation sites is 2. The van der Waals surface area contributed by atoms with Crippen LogP contribution in [0.25, 0.3) is 0 Å². The average molecular weight is 711 g/mol. The van der Waals surface area contributed by atoms with E-state index in [4.69, 9.17) is 5.41 Å². The lowest BCUT2D eigenvalue weighted by Gasteiger charge is -2.27. The van der Waals surface area contributed by atoms with E-state index in [1.165, 1.54) is 17.7 Å². The minimum atomic E-state index is 0.491. The Kier molecular flexibility index (Phi) is 16.8. The molecule has 0 radical (unpaired) electrons. The van der Waals surface area contributed by atoms with E-state index < -0.39 is 0 Å². The Hall–Kier alpha value is -6.39. The van der Waals surface area contributed by atoms with Crippen molar-refractivity contribution >= 4 is 28.5 Å². The summed E-state index contributed by atoms with van der Waals surface area (Å²) in [5.41, 5.74) is 10.3. The van der Waals surface area contributed by atoms with E-state index in [1.807, 2.05) is 67.8 Å². The van der Waals surface area contributed by atoms with Crippen molar-refractivity contribution in [3.63, 3.8) is 0 Å². The van der Waals surface area contributed by atoms with Gasteiger partial charge in [0.15, 0.2) is 0 Å². The molecule has 1 aliphatic heterocycles. The molecular weight excluding hydrogens is 657 g/mol. The first kappa shape index (κ1) is 40.4. The summed E-state index contributed by atoms with van der Waals surface area (Å²) in [7, 11) is 0. The maximum atomic E-state index is 8.90. The number of unbranched alkanes of at least 4 members (excludes halogenated alkanes) is 1. The SMILES string of the molecule is C=C/C=C\C.C=C/C=C\C/C=C1\CC2=C/C(=C/NC3=CC=CC=CC3)C(=N)C=C2N1c1ccc(N(c2ccccc2)c2ccccc2)cc1.C=CCCC. The molecule has 1 saturated heterocycles. The Balaban J connectivity index is 0.000000577. The van der Waals surface area contributed by atoms with E-state index in [0.29, 0.717) is 5.71 Å². The first-order chi connectivity index (χ1) is 26.5. The molecule has 274 valence electrons. The lowest BCUT2D eigenvalue weighted by molar-refractivity contribution is 0.961. The summed E-state index contributed by atoms with van der Waals surface area (Å²) in [5.74, 6) is 0. The molecule has 1 fully saturated rings. The van der Waals surface area contributed by atoms with Crippen LogP contribution < -0.4 is 15.1 Å². The highest BCUT2D eigenvalue weighted by Crippen LogP contribution is 2.43. The number of nitrogens with one attached hydrogen (secondary N) is 2. The van der Waals surface area contributed by atoms with Crippen LogP contribution in [0.2, 0.25) is 0 Å². The summed E-state index contributed by atoms with van der Waals surface area (Å²) in [6.07, 6.45) is 36.9. The summed E-state index contributed by atoms with van der Waals surface area (Å²) in [6.45, 7) is 14.9. The third-order valence-corrected chi connectivity index (χ3v) is 8.53. The molecule has 3 aromatic rings. The predicted molar refractivity (Wildman–Crippen MR) is 236 cm³/mol. The van der Waals surface area contributed by atoms with Crippen LogP contribution in [0.3, 0.4) is 0 Å². The number of allylic oxidation sites excluding steroid dienone is 18. The minimum absolute atomic E-state index is 0.491. The van der Waals surface area contributed by atoms with Crippen molar-refractivity contribution in [1.82, 2.24) is 5.32 Å². The standard InChI is InChI=1S/C40H36N4.C5H10.C5H8/c1-2-3-4-11-22-38-28-31-27-32(30-42-33-16-9-5-6-10-17-33)39(41)29-40(31)44(38)37-25-23-36(24-26-37)43(34-18-12-7-13-19-34)35-20-14-8-15-21-35;2*1-3-5-4-2/h2-10,12-16,18-27,29-30,41-42H,1,11,17,28H2;3H,1,4-5H2,2H3;3-5H,1H2,2H3/b4-3-,32-30-,38-22+,41-39?;;5-4-. The maximum Gasteiger partial charge on any atom is 0.0647 e. The van der Waals surface area contributed by atoms with Crippen molar-refractivity contribution in [3.05, 3.63) is 230 Å². The van der Waals surface area contributed by atoms with Gasteiger partial charge >= 0.3 is 0 Å². The fourth-order valence-electron chi connectivity index (χ4n) is 5.94. The van der Waals surface area contributed by atoms with Crippen molar-refractivity contribution in [3.8, 4) is 0 Å². The lowest BCUT2D eigenvalue weighted by Crippen LogP contribution is -2.19. The molecule has 0 atom stereocenters. The van der Waals surface area contributed by atoms with Crippen molar-refractivity contribution in [2.24, 2.45) is 0 Å². The summed E-state index contributed by atoms with van der Waals surface area (Å²) in [5, 5.41) is 12.3. The van der Waals surface area contributed by atoms with E-state index in [9.17, 15) is 0 Å². The van der Waals surface area contributed by atoms with E-state index >= 15 is 0 Å². The summed E-state index contributed by atoms with van der Waals surface area (Å²) in [6, 6.07) is 29.6. The zero-order valence-electron chi connectivity index (χ0n) is 31.9. The number of fused-ring (bicyclic) bond motifs is 1. The number of hydrogen-bond acceptors (Lipinski definition) is 4. The van der Waals surface area contributed by atoms with Crippen molar-refractivity contribution < 1.29 is 0 Å². The normalized spacial score (nSPS) is 16.0. The molecule has 6 rings (SSSR count). The molecule has 54 heavy (non-hydrogen) atoms. The average Bonchev–Trinajstić information content (AvgIpc) is 3.34. The van der Waals surface area contributed by atoms with Gasteiger partial charge in [-0.3, -0.25) is 0 Å². The van der Waals surface area contributed by atoms with Gasteiger partial charge in [0.05, 0.1) is 11.4 Å². The van der Waals surface area contributed by atoms with Crippen LogP contribution >= 0.6 is 0 Å². The third kappa shape index (κ3) is 11.8. The highest BCUT2D eigenvalue weighted by atomic mass is 15.2. The third-order valence-electron chi connectivity index (χ3n) is 8.53. The second-order valence-electron chi connectivity index (χ2n) is 12.5. The highest BCUT2D eigenvalue weighted by molar-refractivity contribution is 6.11. The van der Waals surface area contributed by atoms with Gasteiger partial charge in [-0.2, -0.15) is 0 Å². The van der Waals surface area contributed by atoms with Gasteiger partial charge in [-0.15, -0.1) is 6.58 Å². The fraction of sp³-hybridized carbons (Fsp3) is 0.140. The number of nitrogens with zero attached hydrogens (tertiary/aromatic N) is 2. The second kappa shape index (κ2) is 22.5. The molecule has 0 saturated carbocycles. The van der Waals surface area contributed by atoms with E-state index in [1.54, 1.807) is 12.2 Å². The Morgan fingerprint density at radius 3 is 2.06 bits per heavy atom. The fourth-order valence-corrected chi connectivity index (χ4v) is 5.94. The number of rotatable bonds is 12. The second-order valence-corrected chi connectivity index (χ2v) is 12.5. The van der Waals surface area contributed by atoms with Crippen molar-refractivity contribution in [2.75, 3.05) is 9.80 Å². The van der Waals surface area contributed by atoms with Crippen LogP contribution in [0, 0.1) is 5.41 Å². The summed E-state index contributed by atoms with van der Waals surface area (Å²) < 4.78 is 0. The van der Waals surface area contributed by atoms with Crippen molar-refractivity contribution in [2.45, 2.75) is 46.0 Å². The van der Waals surface area contributed by atoms with Crippen LogP contribution in [0.5, 0.6) is 0 Å². The van der Waals surface area contributed by atoms with Gasteiger partial charge in [-0.25, -0.2) is 0 Å². The maximum absolute atomic E-state index is 8.90. The van der Waals surface area contributed by atoms with Crippen LogP contribution in [0.1, 0.15) is 46.0 Å². The van der Waals surface area contributed by atoms with Gasteiger partial charge in [0.25, 0.3) is 0 Å². The van der Waals surface area contributed by atoms with E-state index in [2.05, 4.69) is 151 Å². The van der Waals surface area contributed by atoms with Gasteiger partial charge in [0, 0.05) is 58.8 Å². The largest absolute Gasteiger partial charge is 0.364 e. The molecule has 3 aromatic carbocycles. The quantitative estimate of drug-likeness (QED) is 0.145. The molecule has 0 bridgehead atoms. The molecule has 0 aromatic heterocycles. The molecule has 2 N–H and O–H groups in total. The Morgan fingerprint density at radius 2 is 1.48 bits per heavy atom. The van der Waals surface area contributed by atoms with Gasteiger partial charge in [-0.05, 0) is 92.1 Å². The van der Waals surface area contributed by atoms with E-state index in [0.717, 1.165) is 65.4 Å².